The second-order valence-electron chi connectivity index (χ2n) is 2.90. The molecule has 0 radical (unpaired) electrons. The number of nitrogens with zero attached hydrogens (tertiary/aromatic N) is 2. The van der Waals surface area contributed by atoms with E-state index in [1.165, 1.54) is 6.26 Å². The highest BCUT2D eigenvalue weighted by Gasteiger charge is 2.11. The Hall–Kier alpha value is -1.52. The fourth-order valence-electron chi connectivity index (χ4n) is 1.09. The van der Waals surface area contributed by atoms with Crippen LogP contribution in [0.2, 0.25) is 0 Å². The van der Waals surface area contributed by atoms with Gasteiger partial charge in [0.15, 0.2) is 0 Å². The standard InChI is InChI=1S/C9H15N3O2/c1-4-12(5-2)9(13)11-8-10-7(3)6-14-8/h6H,4-5H2,1-3H3,(H,10,11,13). The SMILES string of the molecule is CCN(CC)C(=O)Nc1nc(C)co1. The lowest BCUT2D eigenvalue weighted by Gasteiger charge is -2.17. The van der Waals surface area contributed by atoms with Crippen molar-refractivity contribution in [3.8, 4) is 0 Å². The molecule has 0 aliphatic heterocycles. The van der Waals surface area contributed by atoms with E-state index in [0.717, 1.165) is 5.69 Å². The molecule has 0 saturated carbocycles. The van der Waals surface area contributed by atoms with E-state index in [0.29, 0.717) is 13.1 Å². The number of aromatic nitrogens is 1. The molecule has 5 nitrogen and oxygen atoms in total. The smallest absolute Gasteiger partial charge is 0.325 e. The van der Waals surface area contributed by atoms with Gasteiger partial charge in [0, 0.05) is 13.1 Å². The molecule has 5 heteroatoms. The van der Waals surface area contributed by atoms with E-state index in [1.807, 2.05) is 13.8 Å². The van der Waals surface area contributed by atoms with Crippen molar-refractivity contribution in [2.24, 2.45) is 0 Å². The first-order valence-electron chi connectivity index (χ1n) is 4.65. The van der Waals surface area contributed by atoms with E-state index in [1.54, 1.807) is 11.8 Å². The summed E-state index contributed by atoms with van der Waals surface area (Å²) >= 11 is 0. The molecular formula is C9H15N3O2. The van der Waals surface area contributed by atoms with Gasteiger partial charge in [-0.25, -0.2) is 4.79 Å². The Bertz CT molecular complexity index is 305. The average Bonchev–Trinajstić information content (AvgIpc) is 2.53. The van der Waals surface area contributed by atoms with Crippen LogP contribution in [0, 0.1) is 6.92 Å². The number of amides is 2. The number of carbonyl (C=O) groups is 1. The van der Waals surface area contributed by atoms with Gasteiger partial charge in [-0.05, 0) is 20.8 Å². The van der Waals surface area contributed by atoms with Crippen LogP contribution in [0.1, 0.15) is 19.5 Å². The molecular weight excluding hydrogens is 182 g/mol. The minimum Gasteiger partial charge on any atom is -0.432 e. The maximum absolute atomic E-state index is 11.5. The third kappa shape index (κ3) is 2.48. The van der Waals surface area contributed by atoms with Crippen LogP contribution >= 0.6 is 0 Å². The van der Waals surface area contributed by atoms with Crippen molar-refractivity contribution in [1.29, 1.82) is 0 Å². The second kappa shape index (κ2) is 4.64. The number of hydrogen-bond donors (Lipinski definition) is 1. The van der Waals surface area contributed by atoms with Crippen molar-refractivity contribution in [2.75, 3.05) is 18.4 Å². The average molecular weight is 197 g/mol. The molecule has 78 valence electrons. The summed E-state index contributed by atoms with van der Waals surface area (Å²) < 4.78 is 5.00. The zero-order chi connectivity index (χ0) is 10.6. The lowest BCUT2D eigenvalue weighted by Crippen LogP contribution is -2.34. The van der Waals surface area contributed by atoms with Crippen LogP contribution in [0.4, 0.5) is 10.8 Å². The van der Waals surface area contributed by atoms with Gasteiger partial charge in [-0.2, -0.15) is 4.98 Å². The van der Waals surface area contributed by atoms with Crippen molar-refractivity contribution in [3.63, 3.8) is 0 Å². The van der Waals surface area contributed by atoms with E-state index >= 15 is 0 Å². The molecule has 2 amide bonds. The lowest BCUT2D eigenvalue weighted by atomic mass is 10.5. The topological polar surface area (TPSA) is 58.4 Å². The first-order chi connectivity index (χ1) is 6.67. The molecule has 0 fully saturated rings. The van der Waals surface area contributed by atoms with Crippen LogP contribution in [0.5, 0.6) is 0 Å². The predicted molar refractivity (Wildman–Crippen MR) is 53.2 cm³/mol. The van der Waals surface area contributed by atoms with Crippen molar-refractivity contribution in [1.82, 2.24) is 9.88 Å². The molecule has 1 aromatic rings. The quantitative estimate of drug-likeness (QED) is 0.804. The van der Waals surface area contributed by atoms with E-state index in [9.17, 15) is 4.79 Å². The molecule has 1 N–H and O–H groups in total. The molecule has 0 aromatic carbocycles. The molecule has 0 bridgehead atoms. The van der Waals surface area contributed by atoms with Gasteiger partial charge in [0.1, 0.15) is 6.26 Å². The highest BCUT2D eigenvalue weighted by Crippen LogP contribution is 2.06. The third-order valence-electron chi connectivity index (χ3n) is 1.88. The number of hydrogen-bond acceptors (Lipinski definition) is 3. The number of rotatable bonds is 3. The summed E-state index contributed by atoms with van der Waals surface area (Å²) in [5.74, 6) is 0. The fourth-order valence-corrected chi connectivity index (χ4v) is 1.09. The Morgan fingerprint density at radius 3 is 2.64 bits per heavy atom. The van der Waals surface area contributed by atoms with Crippen LogP contribution in [-0.2, 0) is 0 Å². The highest BCUT2D eigenvalue weighted by atomic mass is 16.4. The van der Waals surface area contributed by atoms with Crippen LogP contribution in [0.25, 0.3) is 0 Å². The molecule has 0 aliphatic carbocycles. The molecule has 1 aromatic heterocycles. The lowest BCUT2D eigenvalue weighted by molar-refractivity contribution is 0.216. The van der Waals surface area contributed by atoms with Crippen LogP contribution in [0.15, 0.2) is 10.7 Å². The number of oxazole rings is 1. The van der Waals surface area contributed by atoms with Gasteiger partial charge in [-0.3, -0.25) is 5.32 Å². The number of anilines is 1. The first kappa shape index (κ1) is 10.6. The Labute approximate surface area is 83.1 Å². The Kier molecular flexibility index (Phi) is 3.50. The monoisotopic (exact) mass is 197 g/mol. The fraction of sp³-hybridized carbons (Fsp3) is 0.556. The van der Waals surface area contributed by atoms with Gasteiger partial charge < -0.3 is 9.32 Å². The molecule has 1 rings (SSSR count). The molecule has 0 atom stereocenters. The van der Waals surface area contributed by atoms with Gasteiger partial charge in [-0.1, -0.05) is 0 Å². The van der Waals surface area contributed by atoms with E-state index < -0.39 is 0 Å². The van der Waals surface area contributed by atoms with E-state index in [4.69, 9.17) is 4.42 Å². The summed E-state index contributed by atoms with van der Waals surface area (Å²) in [4.78, 5) is 17.1. The predicted octanol–water partition coefficient (Wildman–Crippen LogP) is 1.86. The normalized spacial score (nSPS) is 9.93. The number of aryl methyl sites for hydroxylation is 1. The van der Waals surface area contributed by atoms with Crippen LogP contribution in [-0.4, -0.2) is 29.0 Å². The summed E-state index contributed by atoms with van der Waals surface area (Å²) in [5.41, 5.74) is 0.750. The van der Waals surface area contributed by atoms with Gasteiger partial charge in [0.25, 0.3) is 0 Å². The van der Waals surface area contributed by atoms with E-state index in [2.05, 4.69) is 10.3 Å². The molecule has 0 unspecified atom stereocenters. The number of nitrogens with one attached hydrogen (secondary N) is 1. The van der Waals surface area contributed by atoms with Gasteiger partial charge in [0.2, 0.25) is 0 Å². The summed E-state index contributed by atoms with van der Waals surface area (Å²) in [6, 6.07) is 0.0660. The highest BCUT2D eigenvalue weighted by molar-refractivity contribution is 5.86. The summed E-state index contributed by atoms with van der Waals surface area (Å²) in [7, 11) is 0. The maximum atomic E-state index is 11.5. The summed E-state index contributed by atoms with van der Waals surface area (Å²) in [6.07, 6.45) is 1.50. The van der Waals surface area contributed by atoms with E-state index in [-0.39, 0.29) is 12.0 Å². The maximum Gasteiger partial charge on any atom is 0.325 e. The number of carbonyl (C=O) groups excluding carboxylic acids is 1. The van der Waals surface area contributed by atoms with Crippen molar-refractivity contribution in [3.05, 3.63) is 12.0 Å². The Morgan fingerprint density at radius 2 is 2.21 bits per heavy atom. The van der Waals surface area contributed by atoms with Gasteiger partial charge >= 0.3 is 12.0 Å². The molecule has 0 aliphatic rings. The summed E-state index contributed by atoms with van der Waals surface area (Å²) in [6.45, 7) is 6.98. The van der Waals surface area contributed by atoms with Crippen LogP contribution in [0.3, 0.4) is 0 Å². The van der Waals surface area contributed by atoms with Gasteiger partial charge in [-0.15, -0.1) is 0 Å². The zero-order valence-corrected chi connectivity index (χ0v) is 8.70. The molecule has 0 saturated heterocycles. The van der Waals surface area contributed by atoms with Crippen LogP contribution < -0.4 is 5.32 Å². The zero-order valence-electron chi connectivity index (χ0n) is 8.70. The second-order valence-corrected chi connectivity index (χ2v) is 2.90. The molecule has 0 spiro atoms. The van der Waals surface area contributed by atoms with Crippen molar-refractivity contribution in [2.45, 2.75) is 20.8 Å². The minimum atomic E-state index is -0.183. The Morgan fingerprint density at radius 1 is 1.57 bits per heavy atom. The molecule has 14 heavy (non-hydrogen) atoms. The largest absolute Gasteiger partial charge is 0.432 e. The first-order valence-corrected chi connectivity index (χ1v) is 4.65. The van der Waals surface area contributed by atoms with Crippen molar-refractivity contribution < 1.29 is 9.21 Å². The Balaban J connectivity index is 2.56. The van der Waals surface area contributed by atoms with Gasteiger partial charge in [0.05, 0.1) is 5.69 Å². The summed E-state index contributed by atoms with van der Waals surface area (Å²) in [5, 5.41) is 2.57. The number of urea groups is 1. The van der Waals surface area contributed by atoms with Crippen molar-refractivity contribution >= 4 is 12.0 Å². The molecule has 1 heterocycles. The third-order valence-corrected chi connectivity index (χ3v) is 1.88. The minimum absolute atomic E-state index is 0.183.